The zero-order valence-electron chi connectivity index (χ0n) is 37.4. The number of carboxylic acid groups (broad SMARTS) is 4. The Balaban J connectivity index is 1.38. The molecule has 0 aliphatic heterocycles. The summed E-state index contributed by atoms with van der Waals surface area (Å²) in [6, 6.07) is 14.4. The minimum Gasteiger partial charge on any atom is -0.550 e. The highest BCUT2D eigenvalue weighted by Gasteiger charge is 2.35. The number of ether oxygens (including phenoxy) is 2. The first kappa shape index (κ1) is 55.4. The van der Waals surface area contributed by atoms with Crippen LogP contribution in [0, 0.1) is 11.3 Å². The smallest absolute Gasteiger partial charge is 0.417 e. The van der Waals surface area contributed by atoms with Crippen LogP contribution in [0.5, 0.6) is 17.2 Å². The average Bonchev–Trinajstić information content (AvgIpc) is 3.71. The molecule has 1 heterocycles. The van der Waals surface area contributed by atoms with Crippen LogP contribution in [0.4, 0.5) is 13.2 Å². The molecule has 72 heavy (non-hydrogen) atoms. The molecule has 5 rings (SSSR count). The van der Waals surface area contributed by atoms with Crippen molar-refractivity contribution in [2.45, 2.75) is 62.1 Å². The van der Waals surface area contributed by atoms with Crippen molar-refractivity contribution >= 4 is 74.7 Å². The van der Waals surface area contributed by atoms with Gasteiger partial charge in [0.05, 0.1) is 30.3 Å². The van der Waals surface area contributed by atoms with Crippen molar-refractivity contribution in [3.05, 3.63) is 117 Å². The molecule has 3 atom stereocenters. The highest BCUT2D eigenvalue weighted by atomic mass is 32.2. The van der Waals surface area contributed by atoms with E-state index >= 15 is 0 Å². The van der Waals surface area contributed by atoms with Gasteiger partial charge in [-0.2, -0.15) is 23.2 Å². The fourth-order valence-corrected chi connectivity index (χ4v) is 10.7. The average molecular weight is 1060 g/mol. The normalized spacial score (nSPS) is 13.2. The van der Waals surface area contributed by atoms with Crippen LogP contribution in [-0.4, -0.2) is 80.6 Å². The zero-order chi connectivity index (χ0) is 53.3. The van der Waals surface area contributed by atoms with E-state index in [1.165, 1.54) is 68.4 Å². The molecule has 4 aromatic carbocycles. The molecule has 2 amide bonds. The van der Waals surface area contributed by atoms with Crippen molar-refractivity contribution in [1.82, 2.24) is 15.4 Å². The lowest BCUT2D eigenvalue weighted by molar-refractivity contribution is -0.306. The number of thiophene rings is 1. The van der Waals surface area contributed by atoms with Crippen LogP contribution >= 0.6 is 18.9 Å². The number of sulfonamides is 1. The first-order valence-electron chi connectivity index (χ1n) is 20.8. The molecule has 382 valence electrons. The number of carbonyl (C=O) groups excluding carboxylic acids is 6. The molecule has 0 spiro atoms. The molecular formula is C45H38F3N4O17PS2-4. The van der Waals surface area contributed by atoms with Gasteiger partial charge < -0.3 is 69.1 Å². The maximum Gasteiger partial charge on any atom is 0.417 e. The van der Waals surface area contributed by atoms with Gasteiger partial charge >= 0.3 is 13.8 Å². The minimum atomic E-state index is -5.04. The molecule has 21 nitrogen and oxygen atoms in total. The van der Waals surface area contributed by atoms with Crippen LogP contribution in [0.25, 0.3) is 10.1 Å². The quantitative estimate of drug-likeness (QED) is 0.0584. The SMILES string of the molecule is CC(CNC(=O)c1ccc(CC(=O)[O-])c(CC(=O)[O-])c1)Oc1cc2cc(S(=O)(=O)NCP(=O)(O)Oc3ccc(C#N)c(C(F)(F)F)c3)sc2cc1OC(C)CNC(=O)c1ccc(CC(=O)[O-])c(CC(=O)[O-])c1. The molecular weight excluding hydrogens is 1020 g/mol. The fourth-order valence-electron chi connectivity index (χ4n) is 6.71. The largest absolute Gasteiger partial charge is 0.550 e. The van der Waals surface area contributed by atoms with Gasteiger partial charge in [0, 0.05) is 71.5 Å². The van der Waals surface area contributed by atoms with Gasteiger partial charge in [0.15, 0.2) is 11.5 Å². The number of halogens is 3. The van der Waals surface area contributed by atoms with E-state index in [0.29, 0.717) is 23.5 Å². The van der Waals surface area contributed by atoms with E-state index in [1.54, 1.807) is 0 Å². The Labute approximate surface area is 410 Å². The van der Waals surface area contributed by atoms with E-state index in [1.807, 2.05) is 4.72 Å². The summed E-state index contributed by atoms with van der Waals surface area (Å²) in [5.41, 5.74) is -2.17. The van der Waals surface area contributed by atoms with E-state index in [4.69, 9.17) is 19.3 Å². The van der Waals surface area contributed by atoms with Gasteiger partial charge in [0.25, 0.3) is 21.8 Å². The highest BCUT2D eigenvalue weighted by Crippen LogP contribution is 2.44. The Kier molecular flexibility index (Phi) is 17.8. The summed E-state index contributed by atoms with van der Waals surface area (Å²) in [6.07, 6.45) is -10.8. The highest BCUT2D eigenvalue weighted by molar-refractivity contribution is 7.92. The van der Waals surface area contributed by atoms with Gasteiger partial charge in [-0.15, -0.1) is 11.3 Å². The van der Waals surface area contributed by atoms with E-state index in [0.717, 1.165) is 12.1 Å². The molecule has 0 saturated carbocycles. The molecule has 0 radical (unpaired) electrons. The first-order chi connectivity index (χ1) is 33.6. The van der Waals surface area contributed by atoms with Gasteiger partial charge in [-0.1, -0.05) is 12.1 Å². The number of fused-ring (bicyclic) bond motifs is 1. The summed E-state index contributed by atoms with van der Waals surface area (Å²) in [5, 5.41) is 59.5. The second-order valence-corrected chi connectivity index (χ2v) is 20.5. The van der Waals surface area contributed by atoms with Crippen molar-refractivity contribution in [3.63, 3.8) is 0 Å². The topological polar surface area (TPSA) is 354 Å². The second kappa shape index (κ2) is 23.1. The fraction of sp³-hybridized carbons (Fsp3) is 0.267. The van der Waals surface area contributed by atoms with Gasteiger partial charge in [-0.25, -0.2) is 13.0 Å². The van der Waals surface area contributed by atoms with E-state index in [2.05, 4.69) is 10.6 Å². The molecule has 4 N–H and O–H groups in total. The summed E-state index contributed by atoms with van der Waals surface area (Å²) in [4.78, 5) is 81.8. The van der Waals surface area contributed by atoms with Crippen molar-refractivity contribution in [1.29, 1.82) is 5.26 Å². The summed E-state index contributed by atoms with van der Waals surface area (Å²) >= 11 is 0.639. The minimum absolute atomic E-state index is 0.000521. The lowest BCUT2D eigenvalue weighted by Crippen LogP contribution is -2.35. The van der Waals surface area contributed by atoms with E-state index in [-0.39, 0.29) is 68.1 Å². The van der Waals surface area contributed by atoms with Crippen molar-refractivity contribution in [3.8, 4) is 23.3 Å². The molecule has 27 heteroatoms. The van der Waals surface area contributed by atoms with Crippen LogP contribution in [-0.2, 0) is 65.6 Å². The van der Waals surface area contributed by atoms with Gasteiger partial charge in [-0.3, -0.25) is 9.59 Å². The Morgan fingerprint density at radius 2 is 1.19 bits per heavy atom. The molecule has 0 aliphatic carbocycles. The zero-order valence-corrected chi connectivity index (χ0v) is 39.9. The van der Waals surface area contributed by atoms with Crippen molar-refractivity contribution in [2.75, 3.05) is 19.4 Å². The van der Waals surface area contributed by atoms with Gasteiger partial charge in [-0.05, 0) is 96.1 Å². The van der Waals surface area contributed by atoms with Crippen LogP contribution < -0.4 is 49.8 Å². The Morgan fingerprint density at radius 1 is 0.722 bits per heavy atom. The second-order valence-electron chi connectivity index (χ2n) is 15.7. The summed E-state index contributed by atoms with van der Waals surface area (Å²) in [5.74, 6) is -8.36. The number of nitrogens with one attached hydrogen (secondary N) is 3. The van der Waals surface area contributed by atoms with Crippen LogP contribution in [0.2, 0.25) is 0 Å². The number of nitrogens with zero attached hydrogens (tertiary/aromatic N) is 1. The third kappa shape index (κ3) is 15.5. The standard InChI is InChI=1S/C45H42F3N4O17PS2/c1-23(20-50-43(61)27-5-3-25(12-38(53)54)30(9-27)14-40(57)58)67-35-11-32-16-42(72(65,66)52-22-70(63,64)69-33-8-7-29(19-49)34(17-33)45(46,47)48)71-37(32)18-36(35)68-24(2)21-51-44(62)28-6-4-26(13-39(55)56)31(10-28)15-41(59)60/h3-11,16-18,23-24,52H,12-15,20-22H2,1-2H3,(H,50,61)(H,51,62)(H,53,54)(H,55,56)(H,57,58)(H,59,60)(H,63,64)/p-4. The molecule has 0 fully saturated rings. The summed E-state index contributed by atoms with van der Waals surface area (Å²) in [7, 11) is -9.71. The number of carbonyl (C=O) groups is 6. The maximum atomic E-state index is 13.5. The number of rotatable bonds is 24. The third-order valence-corrected chi connectivity index (χ3v) is 14.2. The Morgan fingerprint density at radius 3 is 1.65 bits per heavy atom. The molecule has 0 bridgehead atoms. The lowest BCUT2D eigenvalue weighted by atomic mass is 9.98. The number of amides is 2. The van der Waals surface area contributed by atoms with Crippen molar-refractivity contribution in [2.24, 2.45) is 0 Å². The lowest BCUT2D eigenvalue weighted by Gasteiger charge is -2.21. The molecule has 0 aliphatic rings. The Bertz CT molecular complexity index is 3020. The van der Waals surface area contributed by atoms with Gasteiger partial charge in [0.2, 0.25) is 0 Å². The molecule has 0 saturated heterocycles. The van der Waals surface area contributed by atoms with Gasteiger partial charge in [0.1, 0.15) is 28.5 Å². The van der Waals surface area contributed by atoms with E-state index in [9.17, 15) is 80.2 Å². The predicted octanol–water partition coefficient (Wildman–Crippen LogP) is -0.144. The molecule has 5 aromatic rings. The molecule has 1 aromatic heterocycles. The third-order valence-electron chi connectivity index (χ3n) is 9.98. The number of hydrogen-bond donors (Lipinski definition) is 4. The molecule has 3 unspecified atom stereocenters. The monoisotopic (exact) mass is 1060 g/mol. The van der Waals surface area contributed by atoms with Crippen molar-refractivity contribution < 1.29 is 94.2 Å². The Hall–Kier alpha value is -7.56. The summed E-state index contributed by atoms with van der Waals surface area (Å²) in [6.45, 7) is 2.58. The van der Waals surface area contributed by atoms with E-state index < -0.39 is 125 Å². The number of hydrogen-bond acceptors (Lipinski definition) is 18. The summed E-state index contributed by atoms with van der Waals surface area (Å²) < 4.78 is 99.0. The maximum absolute atomic E-state index is 13.5. The predicted molar refractivity (Wildman–Crippen MR) is 236 cm³/mol. The number of alkyl halides is 3. The van der Waals surface area contributed by atoms with Crippen LogP contribution in [0.1, 0.15) is 67.9 Å². The number of aliphatic carboxylic acids is 4. The first-order valence-corrected chi connectivity index (χ1v) is 24.8. The van der Waals surface area contributed by atoms with Crippen LogP contribution in [0.3, 0.4) is 0 Å². The number of carboxylic acids is 4. The van der Waals surface area contributed by atoms with Crippen LogP contribution in [0.15, 0.2) is 77.0 Å². The number of nitriles is 1. The number of benzene rings is 4.